The first-order valence-electron chi connectivity index (χ1n) is 4.81. The third-order valence-corrected chi connectivity index (χ3v) is 1.33. The van der Waals surface area contributed by atoms with E-state index in [4.69, 9.17) is 0 Å². The molecule has 0 saturated heterocycles. The Labute approximate surface area is 87.4 Å². The molecule has 0 radical (unpaired) electrons. The first kappa shape index (κ1) is 12.3. The van der Waals surface area contributed by atoms with Gasteiger partial charge in [0.2, 0.25) is 0 Å². The van der Waals surface area contributed by atoms with Crippen LogP contribution in [0.1, 0.15) is 26.2 Å². The summed E-state index contributed by atoms with van der Waals surface area (Å²) in [6.07, 6.45) is 12.3. The second kappa shape index (κ2) is 11.3. The lowest BCUT2D eigenvalue weighted by molar-refractivity contribution is 0.983. The Kier molecular flexibility index (Phi) is 10.00. The lowest BCUT2D eigenvalue weighted by Gasteiger charge is -1.74. The summed E-state index contributed by atoms with van der Waals surface area (Å²) in [7, 11) is 0. The van der Waals surface area contributed by atoms with Crippen LogP contribution in [0.5, 0.6) is 0 Å². The molecule has 0 aliphatic carbocycles. The van der Waals surface area contributed by atoms with Gasteiger partial charge in [-0.25, -0.2) is 0 Å². The van der Waals surface area contributed by atoms with Gasteiger partial charge in [0.15, 0.2) is 0 Å². The molecule has 0 atom stereocenters. The molecule has 0 heterocycles. The Hall–Kier alpha value is -1.66. The average molecular weight is 184 g/mol. The zero-order chi connectivity index (χ0) is 10.5. The molecule has 0 aliphatic rings. The van der Waals surface area contributed by atoms with Crippen molar-refractivity contribution >= 4 is 0 Å². The highest BCUT2D eigenvalue weighted by Crippen LogP contribution is 1.83. The monoisotopic (exact) mass is 184 g/mol. The van der Waals surface area contributed by atoms with Crippen molar-refractivity contribution in [2.24, 2.45) is 0 Å². The highest BCUT2D eigenvalue weighted by Gasteiger charge is 1.68. The van der Waals surface area contributed by atoms with Gasteiger partial charge in [0.25, 0.3) is 0 Å². The Bertz CT molecular complexity index is 307. The zero-order valence-corrected chi connectivity index (χ0v) is 8.72. The number of hydrogen-bond acceptors (Lipinski definition) is 0. The predicted molar refractivity (Wildman–Crippen MR) is 63.6 cm³/mol. The molecule has 0 unspecified atom stereocenters. The topological polar surface area (TPSA) is 0 Å². The smallest absolute Gasteiger partial charge is 0.0283 e. The fourth-order valence-corrected chi connectivity index (χ4v) is 0.675. The van der Waals surface area contributed by atoms with Crippen molar-refractivity contribution < 1.29 is 0 Å². The fourth-order valence-electron chi connectivity index (χ4n) is 0.675. The van der Waals surface area contributed by atoms with Crippen LogP contribution in [-0.2, 0) is 0 Å². The Morgan fingerprint density at radius 1 is 1.07 bits per heavy atom. The van der Waals surface area contributed by atoms with Crippen molar-refractivity contribution in [3.8, 4) is 23.7 Å². The van der Waals surface area contributed by atoms with Gasteiger partial charge in [-0.2, -0.15) is 0 Å². The minimum absolute atomic E-state index is 0.752. The van der Waals surface area contributed by atoms with Crippen LogP contribution in [-0.4, -0.2) is 0 Å². The van der Waals surface area contributed by atoms with Crippen molar-refractivity contribution in [1.82, 2.24) is 0 Å². The lowest BCUT2D eigenvalue weighted by atomic mass is 10.3. The third-order valence-electron chi connectivity index (χ3n) is 1.33. The molecule has 0 fully saturated rings. The van der Waals surface area contributed by atoms with E-state index in [1.807, 2.05) is 24.3 Å². The van der Waals surface area contributed by atoms with Gasteiger partial charge >= 0.3 is 0 Å². The van der Waals surface area contributed by atoms with Gasteiger partial charge in [-0.15, -0.1) is 0 Å². The minimum Gasteiger partial charge on any atom is -0.0991 e. The van der Waals surface area contributed by atoms with E-state index in [-0.39, 0.29) is 0 Å². The van der Waals surface area contributed by atoms with E-state index in [1.165, 1.54) is 0 Å². The lowest BCUT2D eigenvalue weighted by Crippen LogP contribution is -1.61. The minimum atomic E-state index is 0.752. The molecule has 0 saturated carbocycles. The third kappa shape index (κ3) is 10.3. The Balaban J connectivity index is 3.63. The Morgan fingerprint density at radius 3 is 2.57 bits per heavy atom. The fraction of sp³-hybridized carbons (Fsp3) is 0.286. The van der Waals surface area contributed by atoms with Gasteiger partial charge in [0, 0.05) is 12.8 Å². The maximum absolute atomic E-state index is 3.57. The van der Waals surface area contributed by atoms with E-state index >= 15 is 0 Å². The summed E-state index contributed by atoms with van der Waals surface area (Å²) in [5.74, 6) is 11.5. The number of rotatable bonds is 4. The highest BCUT2D eigenvalue weighted by atomic mass is 13.7. The van der Waals surface area contributed by atoms with Crippen LogP contribution in [0.4, 0.5) is 0 Å². The van der Waals surface area contributed by atoms with Gasteiger partial charge in [-0.05, 0) is 18.3 Å². The first-order chi connectivity index (χ1) is 6.91. The summed E-state index contributed by atoms with van der Waals surface area (Å²) >= 11 is 0. The second-order valence-electron chi connectivity index (χ2n) is 2.61. The van der Waals surface area contributed by atoms with Crippen molar-refractivity contribution in [3.05, 3.63) is 37.0 Å². The number of hydrogen-bond donors (Lipinski definition) is 0. The molecule has 0 spiro atoms. The molecule has 0 rings (SSSR count). The van der Waals surface area contributed by atoms with Crippen molar-refractivity contribution in [2.75, 3.05) is 0 Å². The molecule has 0 aromatic rings. The van der Waals surface area contributed by atoms with Crippen molar-refractivity contribution in [3.63, 3.8) is 0 Å². The normalized spacial score (nSPS) is 9.21. The summed E-state index contributed by atoms with van der Waals surface area (Å²) in [5, 5.41) is 0. The molecule has 0 aromatic carbocycles. The highest BCUT2D eigenvalue weighted by molar-refractivity contribution is 5.26. The maximum atomic E-state index is 3.57. The molecular weight excluding hydrogens is 168 g/mol. The molecule has 0 nitrogen and oxygen atoms in total. The molecule has 14 heavy (non-hydrogen) atoms. The van der Waals surface area contributed by atoms with Crippen LogP contribution in [0.25, 0.3) is 0 Å². The van der Waals surface area contributed by atoms with Crippen molar-refractivity contribution in [2.45, 2.75) is 26.2 Å². The van der Waals surface area contributed by atoms with E-state index in [1.54, 1.807) is 6.08 Å². The van der Waals surface area contributed by atoms with E-state index < -0.39 is 0 Å². The largest absolute Gasteiger partial charge is 0.0991 e. The summed E-state index contributed by atoms with van der Waals surface area (Å²) in [6, 6.07) is 0. The predicted octanol–water partition coefficient (Wildman–Crippen LogP) is 3.48. The second-order valence-corrected chi connectivity index (χ2v) is 2.61. The maximum Gasteiger partial charge on any atom is 0.0283 e. The van der Waals surface area contributed by atoms with Crippen LogP contribution in [0.2, 0.25) is 0 Å². The molecule has 0 aliphatic heterocycles. The summed E-state index contributed by atoms with van der Waals surface area (Å²) in [4.78, 5) is 0. The van der Waals surface area contributed by atoms with Crippen LogP contribution in [0.3, 0.4) is 0 Å². The summed E-state index contributed by atoms with van der Waals surface area (Å²) in [6.45, 7) is 5.68. The van der Waals surface area contributed by atoms with Gasteiger partial charge in [0.1, 0.15) is 0 Å². The van der Waals surface area contributed by atoms with E-state index in [2.05, 4.69) is 37.2 Å². The molecule has 0 bridgehead atoms. The standard InChI is InChI=1S/C14H16/c1-3-5-7-9-11-13-14-12-10-8-6-4-2/h3,5,7,9,11H,1,4,6,13H2,2H3. The molecule has 72 valence electrons. The molecular formula is C14H16. The summed E-state index contributed by atoms with van der Waals surface area (Å²) < 4.78 is 0. The van der Waals surface area contributed by atoms with Gasteiger partial charge in [-0.1, -0.05) is 55.7 Å². The zero-order valence-electron chi connectivity index (χ0n) is 8.72. The van der Waals surface area contributed by atoms with Gasteiger partial charge < -0.3 is 0 Å². The van der Waals surface area contributed by atoms with E-state index in [9.17, 15) is 0 Å². The summed E-state index contributed by atoms with van der Waals surface area (Å²) in [5.41, 5.74) is 0. The van der Waals surface area contributed by atoms with Crippen LogP contribution >= 0.6 is 0 Å². The average Bonchev–Trinajstić information content (AvgIpc) is 2.21. The Morgan fingerprint density at radius 2 is 1.86 bits per heavy atom. The molecule has 0 N–H and O–H groups in total. The SMILES string of the molecule is C=CC=CC=CCC#CC#CCCC. The first-order valence-corrected chi connectivity index (χ1v) is 4.81. The molecule has 0 aromatic heterocycles. The molecule has 0 amide bonds. The quantitative estimate of drug-likeness (QED) is 0.463. The van der Waals surface area contributed by atoms with E-state index in [0.29, 0.717) is 0 Å². The number of unbranched alkanes of at least 4 members (excludes halogenated alkanes) is 1. The van der Waals surface area contributed by atoms with Gasteiger partial charge in [0.05, 0.1) is 0 Å². The van der Waals surface area contributed by atoms with Crippen LogP contribution in [0, 0.1) is 23.7 Å². The van der Waals surface area contributed by atoms with Crippen LogP contribution in [0.15, 0.2) is 37.0 Å². The van der Waals surface area contributed by atoms with Crippen molar-refractivity contribution in [1.29, 1.82) is 0 Å². The van der Waals surface area contributed by atoms with Crippen LogP contribution < -0.4 is 0 Å². The van der Waals surface area contributed by atoms with Gasteiger partial charge in [-0.3, -0.25) is 0 Å². The van der Waals surface area contributed by atoms with E-state index in [0.717, 1.165) is 19.3 Å². The molecule has 0 heteroatoms. The number of allylic oxidation sites excluding steroid dienone is 5.